The van der Waals surface area contributed by atoms with Crippen LogP contribution in [0.2, 0.25) is 0 Å². The molecule has 4 rings (SSSR count). The lowest BCUT2D eigenvalue weighted by atomic mass is 10.0. The number of likely N-dealkylation sites (tertiary alicyclic amines) is 1. The summed E-state index contributed by atoms with van der Waals surface area (Å²) in [6.45, 7) is 0.792. The van der Waals surface area contributed by atoms with Crippen LogP contribution in [0.3, 0.4) is 0 Å². The molecule has 0 radical (unpaired) electrons. The van der Waals surface area contributed by atoms with Crippen LogP contribution >= 0.6 is 0 Å². The van der Waals surface area contributed by atoms with Crippen LogP contribution in [0.1, 0.15) is 63.2 Å². The van der Waals surface area contributed by atoms with Crippen molar-refractivity contribution in [1.82, 2.24) is 20.1 Å². The highest BCUT2D eigenvalue weighted by Crippen LogP contribution is 2.33. The van der Waals surface area contributed by atoms with Gasteiger partial charge in [0.25, 0.3) is 0 Å². The number of aromatic nitrogens is 3. The molecule has 26 heavy (non-hydrogen) atoms. The van der Waals surface area contributed by atoms with Gasteiger partial charge in [0.2, 0.25) is 5.91 Å². The third kappa shape index (κ3) is 3.64. The lowest BCUT2D eigenvalue weighted by Gasteiger charge is -2.23. The number of nitrogens with zero attached hydrogens (tertiary/aromatic N) is 3. The van der Waals surface area contributed by atoms with Crippen molar-refractivity contribution < 1.29 is 9.18 Å². The molecule has 1 atom stereocenters. The fraction of sp³-hybridized carbons (Fsp3) is 0.550. The first-order chi connectivity index (χ1) is 12.7. The predicted octanol–water partition coefficient (Wildman–Crippen LogP) is 4.24. The lowest BCUT2D eigenvalue weighted by molar-refractivity contribution is -0.132. The summed E-state index contributed by atoms with van der Waals surface area (Å²) in [5, 5.41) is 7.26. The summed E-state index contributed by atoms with van der Waals surface area (Å²) in [7, 11) is 0. The molecule has 1 amide bonds. The van der Waals surface area contributed by atoms with E-state index in [2.05, 4.69) is 15.2 Å². The van der Waals surface area contributed by atoms with Crippen LogP contribution in [0.25, 0.3) is 11.4 Å². The maximum absolute atomic E-state index is 13.1. The molecule has 138 valence electrons. The number of amides is 1. The summed E-state index contributed by atoms with van der Waals surface area (Å²) < 4.78 is 13.1. The largest absolute Gasteiger partial charge is 0.332 e. The second-order valence-corrected chi connectivity index (χ2v) is 7.49. The molecule has 1 N–H and O–H groups in total. The molecule has 1 aromatic carbocycles. The molecule has 1 saturated carbocycles. The fourth-order valence-corrected chi connectivity index (χ4v) is 4.27. The summed E-state index contributed by atoms with van der Waals surface area (Å²) >= 11 is 0. The Kier molecular flexibility index (Phi) is 5.00. The van der Waals surface area contributed by atoms with Gasteiger partial charge in [-0.05, 0) is 49.4 Å². The van der Waals surface area contributed by atoms with Gasteiger partial charge < -0.3 is 4.90 Å². The van der Waals surface area contributed by atoms with Crippen molar-refractivity contribution in [2.45, 2.75) is 57.4 Å². The molecule has 2 aromatic rings. The first-order valence-corrected chi connectivity index (χ1v) is 9.68. The topological polar surface area (TPSA) is 61.9 Å². The zero-order valence-corrected chi connectivity index (χ0v) is 15.0. The maximum atomic E-state index is 13.1. The number of hydrogen-bond acceptors (Lipinski definition) is 3. The lowest BCUT2D eigenvalue weighted by Crippen LogP contribution is -2.31. The molecule has 2 aliphatic rings. The number of H-pyrrole nitrogens is 1. The quantitative estimate of drug-likeness (QED) is 0.871. The molecule has 2 heterocycles. The minimum absolute atomic E-state index is 0.0206. The monoisotopic (exact) mass is 356 g/mol. The molecule has 1 aliphatic heterocycles. The van der Waals surface area contributed by atoms with E-state index in [1.807, 2.05) is 4.90 Å². The van der Waals surface area contributed by atoms with Crippen molar-refractivity contribution in [3.8, 4) is 11.4 Å². The van der Waals surface area contributed by atoms with Gasteiger partial charge in [-0.25, -0.2) is 9.37 Å². The molecular formula is C20H25FN4O. The van der Waals surface area contributed by atoms with Gasteiger partial charge >= 0.3 is 0 Å². The van der Waals surface area contributed by atoms with Crippen LogP contribution in [0.15, 0.2) is 24.3 Å². The summed E-state index contributed by atoms with van der Waals surface area (Å²) in [4.78, 5) is 19.3. The molecule has 2 fully saturated rings. The molecule has 0 unspecified atom stereocenters. The Morgan fingerprint density at radius 1 is 1.15 bits per heavy atom. The third-order valence-electron chi connectivity index (χ3n) is 5.74. The van der Waals surface area contributed by atoms with Crippen LogP contribution in [0, 0.1) is 11.7 Å². The normalized spacial score (nSPS) is 20.8. The van der Waals surface area contributed by atoms with Crippen molar-refractivity contribution in [3.63, 3.8) is 0 Å². The Morgan fingerprint density at radius 3 is 2.69 bits per heavy atom. The highest BCUT2D eigenvalue weighted by Gasteiger charge is 2.32. The van der Waals surface area contributed by atoms with Crippen molar-refractivity contribution in [2.75, 3.05) is 6.54 Å². The number of nitrogens with one attached hydrogen (secondary N) is 1. The van der Waals surface area contributed by atoms with E-state index in [9.17, 15) is 9.18 Å². The van der Waals surface area contributed by atoms with E-state index in [0.717, 1.165) is 43.1 Å². The fourth-order valence-electron chi connectivity index (χ4n) is 4.27. The van der Waals surface area contributed by atoms with E-state index in [-0.39, 0.29) is 17.8 Å². The average molecular weight is 356 g/mol. The Bertz CT molecular complexity index is 751. The molecular weight excluding hydrogens is 331 g/mol. The van der Waals surface area contributed by atoms with Gasteiger partial charge in [-0.1, -0.05) is 25.7 Å². The Labute approximate surface area is 153 Å². The predicted molar refractivity (Wildman–Crippen MR) is 96.7 cm³/mol. The second kappa shape index (κ2) is 7.56. The molecule has 0 bridgehead atoms. The van der Waals surface area contributed by atoms with Crippen molar-refractivity contribution in [2.24, 2.45) is 5.92 Å². The Morgan fingerprint density at radius 2 is 1.92 bits per heavy atom. The summed E-state index contributed by atoms with van der Waals surface area (Å²) in [5.41, 5.74) is 0.769. The number of carbonyl (C=O) groups is 1. The highest BCUT2D eigenvalue weighted by atomic mass is 19.1. The minimum Gasteiger partial charge on any atom is -0.332 e. The van der Waals surface area contributed by atoms with Crippen molar-refractivity contribution in [3.05, 3.63) is 35.9 Å². The van der Waals surface area contributed by atoms with Crippen LogP contribution in [-0.4, -0.2) is 32.5 Å². The van der Waals surface area contributed by atoms with Crippen molar-refractivity contribution in [1.29, 1.82) is 0 Å². The van der Waals surface area contributed by atoms with E-state index in [1.165, 1.54) is 37.8 Å². The number of hydrogen-bond donors (Lipinski definition) is 1. The van der Waals surface area contributed by atoms with Crippen LogP contribution in [0.4, 0.5) is 4.39 Å². The van der Waals surface area contributed by atoms with E-state index < -0.39 is 0 Å². The van der Waals surface area contributed by atoms with Gasteiger partial charge in [0.15, 0.2) is 5.82 Å². The molecule has 5 nitrogen and oxygen atoms in total. The van der Waals surface area contributed by atoms with Gasteiger partial charge in [0, 0.05) is 18.5 Å². The first kappa shape index (κ1) is 17.2. The smallest absolute Gasteiger partial charge is 0.223 e. The van der Waals surface area contributed by atoms with Gasteiger partial charge in [0.05, 0.1) is 6.04 Å². The molecule has 0 spiro atoms. The third-order valence-corrected chi connectivity index (χ3v) is 5.74. The summed E-state index contributed by atoms with van der Waals surface area (Å²) in [6.07, 6.45) is 8.74. The summed E-state index contributed by atoms with van der Waals surface area (Å²) in [5.74, 6) is 1.97. The van der Waals surface area contributed by atoms with Crippen LogP contribution < -0.4 is 0 Å². The number of halogens is 1. The Hall–Kier alpha value is -2.24. The van der Waals surface area contributed by atoms with Crippen molar-refractivity contribution >= 4 is 5.91 Å². The molecule has 1 aliphatic carbocycles. The van der Waals surface area contributed by atoms with Gasteiger partial charge in [-0.15, -0.1) is 0 Å². The summed E-state index contributed by atoms with van der Waals surface area (Å²) in [6, 6.07) is 6.12. The Balaban J connectivity index is 1.42. The van der Waals surface area contributed by atoms with E-state index >= 15 is 0 Å². The van der Waals surface area contributed by atoms with Gasteiger partial charge in [0.1, 0.15) is 11.6 Å². The molecule has 1 saturated heterocycles. The second-order valence-electron chi connectivity index (χ2n) is 7.49. The minimum atomic E-state index is -0.278. The number of benzene rings is 1. The van der Waals surface area contributed by atoms with E-state index in [0.29, 0.717) is 12.2 Å². The van der Waals surface area contributed by atoms with E-state index in [1.54, 1.807) is 12.1 Å². The highest BCUT2D eigenvalue weighted by molar-refractivity contribution is 5.77. The van der Waals surface area contributed by atoms with Crippen LogP contribution in [0.5, 0.6) is 0 Å². The molecule has 1 aromatic heterocycles. The van der Waals surface area contributed by atoms with Gasteiger partial charge in [-0.3, -0.25) is 9.89 Å². The maximum Gasteiger partial charge on any atom is 0.223 e. The standard InChI is InChI=1S/C20H25FN4O/c21-16-10-8-15(9-11-16)19-22-20(24-23-19)17-6-3-13-25(17)18(26)12-7-14-4-1-2-5-14/h8-11,14,17H,1-7,12-13H2,(H,22,23,24)/t17-/m0/s1. The van der Waals surface area contributed by atoms with Gasteiger partial charge in [-0.2, -0.15) is 5.10 Å². The average Bonchev–Trinajstić information content (AvgIpc) is 3.40. The number of carbonyl (C=O) groups excluding carboxylic acids is 1. The molecule has 6 heteroatoms. The first-order valence-electron chi connectivity index (χ1n) is 9.68. The number of aromatic amines is 1. The van der Waals surface area contributed by atoms with E-state index in [4.69, 9.17) is 0 Å². The zero-order valence-electron chi connectivity index (χ0n) is 15.0. The number of rotatable bonds is 5. The SMILES string of the molecule is O=C(CCC1CCCC1)N1CCC[C@H]1c1nc(-c2ccc(F)cc2)n[nH]1. The van der Waals surface area contributed by atoms with Crippen LogP contribution in [-0.2, 0) is 4.79 Å². The zero-order chi connectivity index (χ0) is 17.9.